The monoisotopic (exact) mass is 266 g/mol. The van der Waals surface area contributed by atoms with Crippen LogP contribution in [0.5, 0.6) is 0 Å². The summed E-state index contributed by atoms with van der Waals surface area (Å²) in [5.41, 5.74) is 0. The second-order valence-electron chi connectivity index (χ2n) is 0.848. The van der Waals surface area contributed by atoms with E-state index in [1.165, 1.54) is 0 Å². The van der Waals surface area contributed by atoms with Crippen molar-refractivity contribution >= 4 is 24.5 Å². The van der Waals surface area contributed by atoms with Crippen LogP contribution < -0.4 is 59.1 Å². The molecule has 0 unspecified atom stereocenters. The summed E-state index contributed by atoms with van der Waals surface area (Å²) in [5, 5.41) is 13.9. The Morgan fingerprint density at radius 1 is 0.857 bits per heavy atom. The minimum absolute atomic E-state index is 0. The van der Waals surface area contributed by atoms with E-state index in [0.717, 1.165) is 0 Å². The van der Waals surface area contributed by atoms with Gasteiger partial charge in [-0.2, -0.15) is 0 Å². The van der Waals surface area contributed by atoms with Crippen molar-refractivity contribution in [2.45, 2.75) is 0 Å². The van der Waals surface area contributed by atoms with E-state index in [-0.39, 0.29) is 62.0 Å². The van der Waals surface area contributed by atoms with E-state index in [1.807, 2.05) is 0 Å². The molecule has 0 heterocycles. The van der Waals surface area contributed by atoms with Gasteiger partial charge in [-0.1, -0.05) is 0 Å². The first kappa shape index (κ1) is 29.3. The normalized spacial score (nSPS) is 5.14. The first-order valence-corrected chi connectivity index (χ1v) is 4.56. The third-order valence-corrected chi connectivity index (χ3v) is 0. The molecule has 0 radical (unpaired) electrons. The van der Waals surface area contributed by atoms with Gasteiger partial charge >= 0.3 is 83.6 Å². The van der Waals surface area contributed by atoms with Crippen LogP contribution in [0.15, 0.2) is 0 Å². The zero-order valence-corrected chi connectivity index (χ0v) is 13.4. The number of rotatable bonds is 0. The molecule has 0 aliphatic carbocycles. The molecule has 14 heavy (non-hydrogen) atoms. The van der Waals surface area contributed by atoms with Crippen molar-refractivity contribution in [2.24, 2.45) is 0 Å². The molecule has 0 fully saturated rings. The Morgan fingerprint density at radius 3 is 0.857 bits per heavy atom. The molecule has 0 spiro atoms. The van der Waals surface area contributed by atoms with Gasteiger partial charge in [-0.15, -0.1) is 0 Å². The molecule has 0 aliphatic heterocycles. The third kappa shape index (κ3) is 6520. The fourth-order valence-corrected chi connectivity index (χ4v) is 0. The summed E-state index contributed by atoms with van der Waals surface area (Å²) in [6.07, 6.45) is -1.83. The van der Waals surface area contributed by atoms with E-state index < -0.39 is 24.5 Å². The third-order valence-electron chi connectivity index (χ3n) is 0. The fourth-order valence-electron chi connectivity index (χ4n) is 0. The van der Waals surface area contributed by atoms with E-state index in [2.05, 4.69) is 0 Å². The molecule has 0 bridgehead atoms. The first-order chi connectivity index (χ1) is 5.20. The van der Waals surface area contributed by atoms with Gasteiger partial charge in [0, 0.05) is 0 Å². The maximum Gasteiger partial charge on any atom is 1.00 e. The van der Waals surface area contributed by atoms with Crippen LogP contribution in [0.2, 0.25) is 0 Å². The molecule has 13 heteroatoms. The summed E-state index contributed by atoms with van der Waals surface area (Å²) >= 11 is 0. The van der Waals surface area contributed by atoms with Crippen molar-refractivity contribution in [3.05, 3.63) is 0 Å². The number of carboxylic acid groups (broad SMARTS) is 2. The van der Waals surface area contributed by atoms with Crippen LogP contribution in [0.25, 0.3) is 0 Å². The first-order valence-electron chi connectivity index (χ1n) is 1.95. The minimum Gasteiger partial charge on any atom is -1.00 e. The summed E-state index contributed by atoms with van der Waals surface area (Å²) in [6.45, 7) is 0. The summed E-state index contributed by atoms with van der Waals surface area (Å²) < 4.78 is 17.5. The van der Waals surface area contributed by atoms with Crippen molar-refractivity contribution in [3.8, 4) is 0 Å². The van der Waals surface area contributed by atoms with Gasteiger partial charge in [0.15, 0.2) is 0 Å². The molecule has 0 atom stereocenters. The van der Waals surface area contributed by atoms with Crippen LogP contribution in [-0.4, -0.2) is 53.9 Å². The molecule has 0 aliphatic rings. The van der Waals surface area contributed by atoms with Gasteiger partial charge in [0.05, 0.1) is 0 Å². The van der Waals surface area contributed by atoms with E-state index in [9.17, 15) is 0 Å². The average Bonchev–Trinajstić information content (AvgIpc) is 1.54. The van der Waals surface area contributed by atoms with Crippen molar-refractivity contribution in [3.63, 3.8) is 0 Å². The maximum absolute atomic E-state index is 8.74. The van der Waals surface area contributed by atoms with Crippen LogP contribution >= 0.6 is 0 Å². The topological polar surface area (TPSA) is 173 Å². The van der Waals surface area contributed by atoms with Crippen LogP contribution in [0, 0.1) is 0 Å². The molecule has 0 saturated heterocycles. The van der Waals surface area contributed by atoms with E-state index >= 15 is 0 Å². The molecule has 0 saturated carbocycles. The Balaban J connectivity index is -0.0000000135. The largest absolute Gasteiger partial charge is 1.00 e. The van der Waals surface area contributed by atoms with Gasteiger partial charge in [0.25, 0.3) is 0 Å². The molecule has 0 aromatic carbocycles. The molecular formula is CH8Na2O9Si2. The van der Waals surface area contributed by atoms with E-state index in [4.69, 9.17) is 43.1 Å². The summed E-state index contributed by atoms with van der Waals surface area (Å²) in [6, 6.07) is 0. The van der Waals surface area contributed by atoms with Crippen LogP contribution in [0.4, 0.5) is 4.79 Å². The summed E-state index contributed by atoms with van der Waals surface area (Å²) in [7, 11) is -6.26. The molecule has 0 rings (SSSR count). The smallest absolute Gasteiger partial charge is 1.00 e. The molecule has 76 valence electrons. The Bertz CT molecular complexity index is 127. The second-order valence-corrected chi connectivity index (χ2v) is 1.98. The zero-order chi connectivity index (χ0) is 10.7. The Morgan fingerprint density at radius 2 is 0.857 bits per heavy atom. The molecular weight excluding hydrogens is 258 g/mol. The van der Waals surface area contributed by atoms with Gasteiger partial charge in [-0.3, -0.25) is 8.92 Å². The molecule has 6 N–H and O–H groups in total. The molecule has 0 amide bonds. The fraction of sp³-hybridized carbons (Fsp3) is 0. The van der Waals surface area contributed by atoms with Gasteiger partial charge in [-0.25, -0.2) is 4.79 Å². The van der Waals surface area contributed by atoms with Gasteiger partial charge in [0.2, 0.25) is 0 Å². The van der Waals surface area contributed by atoms with E-state index in [0.29, 0.717) is 0 Å². The van der Waals surface area contributed by atoms with Crippen LogP contribution in [-0.2, 0) is 8.92 Å². The van der Waals surface area contributed by atoms with Gasteiger partial charge < -0.3 is 32.2 Å². The predicted molar refractivity (Wildman–Crippen MR) is 34.6 cm³/mol. The van der Waals surface area contributed by atoms with Crippen molar-refractivity contribution < 1.29 is 105 Å². The zero-order valence-electron chi connectivity index (χ0n) is 9.41. The van der Waals surface area contributed by atoms with E-state index in [1.54, 1.807) is 0 Å². The molecule has 0 aromatic rings. The van der Waals surface area contributed by atoms with Gasteiger partial charge in [0.1, 0.15) is 0 Å². The number of hydrogen-bond donors (Lipinski definition) is 6. The Kier molecular flexibility index (Phi) is 48.9. The number of carbonyl (C=O) groups is 1. The second kappa shape index (κ2) is 23.4. The van der Waals surface area contributed by atoms with Gasteiger partial charge in [-0.05, 0) is 0 Å². The maximum atomic E-state index is 8.74. The van der Waals surface area contributed by atoms with Crippen molar-refractivity contribution in [1.29, 1.82) is 0 Å². The SMILES string of the molecule is O=C(O)O.O=[Si](O)O.O=[Si](O)O.[H-].[H-].[Na+].[Na+]. The Hall–Kier alpha value is 0.504. The van der Waals surface area contributed by atoms with Crippen molar-refractivity contribution in [1.82, 2.24) is 0 Å². The standard InChI is InChI=1S/CH2O3.2Na.2H2O3Si.2H/c2-1(3)4;;;2*1-4(2)3;;/h(H2,2,3,4);;;2*1-2H;;/q;2*+1;;;2*-1. The quantitative estimate of drug-likeness (QED) is 0.233. The minimum atomic E-state index is -3.13. The number of hydrogen-bond acceptors (Lipinski definition) is 3. The Labute approximate surface area is 128 Å². The summed E-state index contributed by atoms with van der Waals surface area (Å²) in [4.78, 5) is 37.2. The van der Waals surface area contributed by atoms with Crippen LogP contribution in [0.3, 0.4) is 0 Å². The van der Waals surface area contributed by atoms with Crippen LogP contribution in [0.1, 0.15) is 2.85 Å². The summed E-state index contributed by atoms with van der Waals surface area (Å²) in [5.74, 6) is 0. The molecule has 9 nitrogen and oxygen atoms in total. The predicted octanol–water partition coefficient (Wildman–Crippen LogP) is -8.77. The molecule has 0 aromatic heterocycles. The van der Waals surface area contributed by atoms with Crippen molar-refractivity contribution in [2.75, 3.05) is 0 Å². The average molecular weight is 266 g/mol.